The van der Waals surface area contributed by atoms with Gasteiger partial charge in [-0.1, -0.05) is 57.3 Å². The molecule has 1 atom stereocenters. The molecule has 5 heteroatoms. The lowest BCUT2D eigenvalue weighted by Crippen LogP contribution is -2.12. The second kappa shape index (κ2) is 6.18. The number of benzene rings is 2. The van der Waals surface area contributed by atoms with Gasteiger partial charge >= 0.3 is 0 Å². The minimum Gasteiger partial charge on any atom is -0.382 e. The van der Waals surface area contributed by atoms with Crippen molar-refractivity contribution in [3.8, 4) is 0 Å². The lowest BCUT2D eigenvalue weighted by molar-refractivity contribution is 0.819. The van der Waals surface area contributed by atoms with E-state index in [0.29, 0.717) is 16.0 Å². The molecule has 0 saturated heterocycles. The van der Waals surface area contributed by atoms with E-state index >= 15 is 0 Å². The van der Waals surface area contributed by atoms with Crippen LogP contribution in [0.2, 0.25) is 10.0 Å². The molecule has 2 aromatic carbocycles. The molecule has 0 fully saturated rings. The molecule has 1 nitrogen and oxygen atoms in total. The molecule has 0 bridgehead atoms. The van der Waals surface area contributed by atoms with Crippen LogP contribution in [0.4, 0.5) is 5.69 Å². The molecule has 1 aliphatic heterocycles. The van der Waals surface area contributed by atoms with Gasteiger partial charge in [-0.05, 0) is 23.8 Å². The number of hydrogen-bond donors (Lipinski definition) is 1. The highest BCUT2D eigenvalue weighted by molar-refractivity contribution is 9.10. The van der Waals surface area contributed by atoms with Crippen molar-refractivity contribution in [2.75, 3.05) is 17.6 Å². The van der Waals surface area contributed by atoms with Gasteiger partial charge in [0.2, 0.25) is 0 Å². The van der Waals surface area contributed by atoms with E-state index in [9.17, 15) is 0 Å². The third-order valence-corrected chi connectivity index (χ3v) is 5.64. The van der Waals surface area contributed by atoms with Gasteiger partial charge in [-0.25, -0.2) is 0 Å². The van der Waals surface area contributed by atoms with Crippen LogP contribution in [0.15, 0.2) is 45.8 Å². The van der Waals surface area contributed by atoms with Gasteiger partial charge in [0.25, 0.3) is 0 Å². The fraction of sp³-hybridized carbons (Fsp3) is 0.200. The van der Waals surface area contributed by atoms with Gasteiger partial charge in [-0.15, -0.1) is 11.8 Å². The zero-order valence-electron chi connectivity index (χ0n) is 10.5. The van der Waals surface area contributed by atoms with Crippen LogP contribution < -0.4 is 5.32 Å². The first kappa shape index (κ1) is 14.6. The molecule has 1 N–H and O–H groups in total. The maximum Gasteiger partial charge on any atom is 0.0719 e. The summed E-state index contributed by atoms with van der Waals surface area (Å²) in [6.07, 6.45) is 0. The Kier molecular flexibility index (Phi) is 4.51. The van der Waals surface area contributed by atoms with E-state index in [1.54, 1.807) is 0 Å². The van der Waals surface area contributed by atoms with Gasteiger partial charge in [0.05, 0.1) is 15.7 Å². The Morgan fingerprint density at radius 2 is 1.90 bits per heavy atom. The minimum absolute atomic E-state index is 0.493. The summed E-state index contributed by atoms with van der Waals surface area (Å²) in [5, 5.41) is 4.68. The predicted octanol–water partition coefficient (Wildman–Crippen LogP) is 6.06. The second-order valence-corrected chi connectivity index (χ2v) is 7.46. The van der Waals surface area contributed by atoms with Crippen molar-refractivity contribution in [2.24, 2.45) is 0 Å². The highest BCUT2D eigenvalue weighted by atomic mass is 79.9. The predicted molar refractivity (Wildman–Crippen MR) is 92.6 cm³/mol. The third-order valence-electron chi connectivity index (χ3n) is 3.33. The first-order chi connectivity index (χ1) is 9.65. The maximum atomic E-state index is 6.24. The van der Waals surface area contributed by atoms with Gasteiger partial charge in [-0.2, -0.15) is 0 Å². The van der Waals surface area contributed by atoms with E-state index in [2.05, 4.69) is 45.5 Å². The van der Waals surface area contributed by atoms with E-state index in [4.69, 9.17) is 23.2 Å². The summed E-state index contributed by atoms with van der Waals surface area (Å²) in [6.45, 7) is 0.838. The normalized spacial score (nSPS) is 17.1. The van der Waals surface area contributed by atoms with E-state index < -0.39 is 0 Å². The first-order valence-electron chi connectivity index (χ1n) is 6.25. The summed E-state index contributed by atoms with van der Waals surface area (Å²) in [5.41, 5.74) is 2.22. The molecule has 3 rings (SSSR count). The van der Waals surface area contributed by atoms with Crippen molar-refractivity contribution in [2.45, 2.75) is 10.8 Å². The molecule has 0 radical (unpaired) electrons. The van der Waals surface area contributed by atoms with Crippen molar-refractivity contribution in [3.05, 3.63) is 56.5 Å². The average molecular weight is 389 g/mol. The Morgan fingerprint density at radius 3 is 2.65 bits per heavy atom. The van der Waals surface area contributed by atoms with Crippen molar-refractivity contribution in [1.82, 2.24) is 0 Å². The van der Waals surface area contributed by atoms with Crippen molar-refractivity contribution < 1.29 is 0 Å². The number of rotatable bonds is 3. The van der Waals surface area contributed by atoms with Crippen molar-refractivity contribution in [3.63, 3.8) is 0 Å². The molecule has 0 aliphatic carbocycles. The largest absolute Gasteiger partial charge is 0.382 e. The zero-order chi connectivity index (χ0) is 14.1. The van der Waals surface area contributed by atoms with Crippen LogP contribution >= 0.6 is 50.9 Å². The highest BCUT2D eigenvalue weighted by Gasteiger charge is 2.22. The van der Waals surface area contributed by atoms with Crippen LogP contribution in [0.5, 0.6) is 0 Å². The van der Waals surface area contributed by atoms with Crippen molar-refractivity contribution in [1.29, 1.82) is 0 Å². The average Bonchev–Trinajstić information content (AvgIpc) is 2.81. The molecule has 1 aliphatic rings. The monoisotopic (exact) mass is 387 g/mol. The van der Waals surface area contributed by atoms with Crippen molar-refractivity contribution >= 4 is 56.6 Å². The number of hydrogen-bond acceptors (Lipinski definition) is 2. The lowest BCUT2D eigenvalue weighted by atomic mass is 10.0. The molecule has 0 amide bonds. The summed E-state index contributed by atoms with van der Waals surface area (Å²) in [7, 11) is 0. The van der Waals surface area contributed by atoms with Crippen LogP contribution in [-0.4, -0.2) is 12.3 Å². The molecule has 0 saturated carbocycles. The third kappa shape index (κ3) is 2.96. The van der Waals surface area contributed by atoms with Crippen LogP contribution in [0.3, 0.4) is 0 Å². The number of fused-ring (bicyclic) bond motifs is 1. The molecular weight excluding hydrogens is 377 g/mol. The van der Waals surface area contributed by atoms with Gasteiger partial charge in [-0.3, -0.25) is 0 Å². The number of nitrogens with one attached hydrogen (secondary N) is 1. The fourth-order valence-corrected chi connectivity index (χ4v) is 4.93. The Morgan fingerprint density at radius 1 is 1.20 bits per heavy atom. The molecule has 20 heavy (non-hydrogen) atoms. The smallest absolute Gasteiger partial charge is 0.0719 e. The summed E-state index contributed by atoms with van der Waals surface area (Å²) >= 11 is 17.8. The van der Waals surface area contributed by atoms with Crippen LogP contribution in [0.25, 0.3) is 0 Å². The molecular formula is C15H12BrCl2NS. The summed E-state index contributed by atoms with van der Waals surface area (Å²) < 4.78 is 0.889. The molecule has 0 aromatic heterocycles. The highest BCUT2D eigenvalue weighted by Crippen LogP contribution is 2.40. The molecule has 104 valence electrons. The van der Waals surface area contributed by atoms with E-state index in [1.807, 2.05) is 23.9 Å². The Hall–Kier alpha value is -0.350. The maximum absolute atomic E-state index is 6.24. The van der Waals surface area contributed by atoms with Crippen LogP contribution in [-0.2, 0) is 0 Å². The second-order valence-electron chi connectivity index (χ2n) is 4.67. The standard InChI is InChI=1S/C15H12BrCl2NS/c16-10-5-12(17)15(13(18)6-10)19-7-9-8-20-14-4-2-1-3-11(9)14/h1-6,9,19H,7-8H2. The summed E-state index contributed by atoms with van der Waals surface area (Å²) in [5.74, 6) is 1.59. The number of thioether (sulfide) groups is 1. The lowest BCUT2D eigenvalue weighted by Gasteiger charge is -2.15. The Bertz CT molecular complexity index is 625. The van der Waals surface area contributed by atoms with Gasteiger partial charge in [0.1, 0.15) is 0 Å². The fourth-order valence-electron chi connectivity index (χ4n) is 2.33. The molecule has 1 unspecified atom stereocenters. The zero-order valence-corrected chi connectivity index (χ0v) is 14.4. The summed E-state index contributed by atoms with van der Waals surface area (Å²) in [6, 6.07) is 12.3. The number of anilines is 1. The molecule has 2 aromatic rings. The molecule has 0 spiro atoms. The minimum atomic E-state index is 0.493. The van der Waals surface area contributed by atoms with Gasteiger partial charge < -0.3 is 5.32 Å². The Labute approximate surface area is 141 Å². The van der Waals surface area contributed by atoms with Crippen LogP contribution in [0, 0.1) is 0 Å². The molecule has 1 heterocycles. The summed E-state index contributed by atoms with van der Waals surface area (Å²) in [4.78, 5) is 1.38. The van der Waals surface area contributed by atoms with E-state index in [-0.39, 0.29) is 0 Å². The van der Waals surface area contributed by atoms with E-state index in [1.165, 1.54) is 10.5 Å². The number of halogens is 3. The first-order valence-corrected chi connectivity index (χ1v) is 8.79. The SMILES string of the molecule is Clc1cc(Br)cc(Cl)c1NCC1CSc2ccccc21. The topological polar surface area (TPSA) is 12.0 Å². The quantitative estimate of drug-likeness (QED) is 0.685. The van der Waals surface area contributed by atoms with Gasteiger partial charge in [0.15, 0.2) is 0 Å². The van der Waals surface area contributed by atoms with Crippen LogP contribution in [0.1, 0.15) is 11.5 Å². The van der Waals surface area contributed by atoms with Gasteiger partial charge in [0, 0.05) is 27.6 Å². The van der Waals surface area contributed by atoms with E-state index in [0.717, 1.165) is 22.5 Å². The Balaban J connectivity index is 1.76.